The van der Waals surface area contributed by atoms with Crippen LogP contribution in [0.25, 0.3) is 100.0 Å². The van der Waals surface area contributed by atoms with Crippen LogP contribution in [-0.2, 0) is 0 Å². The fraction of sp³-hybridized carbons (Fsp3) is 0.111. The molecule has 0 unspecified atom stereocenters. The number of hydrogen-bond donors (Lipinski definition) is 1. The Morgan fingerprint density at radius 3 is 1.89 bits per heavy atom. The summed E-state index contributed by atoms with van der Waals surface area (Å²) in [6, 6.07) is 47.2. The number of imidazole rings is 1. The lowest BCUT2D eigenvalue weighted by molar-refractivity contribution is 0.0698. The number of carbonyl (C=O) groups is 1. The Balaban J connectivity index is 1.16. The second kappa shape index (κ2) is 15.6. The highest BCUT2D eigenvalue weighted by atomic mass is 16.4. The molecule has 298 valence electrons. The first kappa shape index (κ1) is 37.2. The monoisotopic (exact) mass is 804 g/mol. The Morgan fingerprint density at radius 2 is 1.16 bits per heavy atom. The molecule has 62 heavy (non-hydrogen) atoms. The molecule has 0 radical (unpaired) electrons. The van der Waals surface area contributed by atoms with Crippen molar-refractivity contribution >= 4 is 38.8 Å². The summed E-state index contributed by atoms with van der Waals surface area (Å²) < 4.78 is 2.42. The minimum Gasteiger partial charge on any atom is -0.478 e. The van der Waals surface area contributed by atoms with Gasteiger partial charge in [0.25, 0.3) is 0 Å². The summed E-state index contributed by atoms with van der Waals surface area (Å²) in [7, 11) is 0. The summed E-state index contributed by atoms with van der Waals surface area (Å²) in [5, 5.41) is 13.3. The summed E-state index contributed by atoms with van der Waals surface area (Å²) in [5.74, 6) is -0.194. The van der Waals surface area contributed by atoms with Gasteiger partial charge in [-0.1, -0.05) is 86.0 Å². The molecule has 8 heteroatoms. The van der Waals surface area contributed by atoms with E-state index in [0.29, 0.717) is 16.6 Å². The number of carboxylic acid groups (broad SMARTS) is 1. The van der Waals surface area contributed by atoms with E-state index >= 15 is 0 Å². The Kier molecular flexibility index (Phi) is 9.38. The van der Waals surface area contributed by atoms with Gasteiger partial charge in [0, 0.05) is 64.5 Å². The van der Waals surface area contributed by atoms with E-state index in [1.807, 2.05) is 91.3 Å². The van der Waals surface area contributed by atoms with Crippen molar-refractivity contribution in [3.05, 3.63) is 176 Å². The van der Waals surface area contributed by atoms with Crippen LogP contribution in [0, 0.1) is 0 Å². The molecule has 5 aromatic carbocycles. The maximum absolute atomic E-state index is 13.9. The van der Waals surface area contributed by atoms with Crippen molar-refractivity contribution in [3.63, 3.8) is 0 Å². The molecular formula is C54H40N6O2. The van der Waals surface area contributed by atoms with Gasteiger partial charge in [-0.05, 0) is 125 Å². The first-order valence-electron chi connectivity index (χ1n) is 21.2. The van der Waals surface area contributed by atoms with Gasteiger partial charge in [0.1, 0.15) is 5.82 Å². The maximum atomic E-state index is 13.9. The fourth-order valence-corrected chi connectivity index (χ4v) is 9.49. The van der Waals surface area contributed by atoms with E-state index in [4.69, 9.17) is 9.97 Å². The van der Waals surface area contributed by atoms with Crippen LogP contribution in [0.2, 0.25) is 0 Å². The lowest BCUT2D eigenvalue weighted by atomic mass is 9.86. The van der Waals surface area contributed by atoms with Crippen molar-refractivity contribution in [2.24, 2.45) is 0 Å². The predicted octanol–water partition coefficient (Wildman–Crippen LogP) is 13.1. The summed E-state index contributed by atoms with van der Waals surface area (Å²) in [6.45, 7) is 0. The van der Waals surface area contributed by atoms with E-state index in [-0.39, 0.29) is 11.6 Å². The quantitative estimate of drug-likeness (QED) is 0.163. The number of pyridine rings is 4. The number of aromatic nitrogens is 6. The zero-order valence-electron chi connectivity index (χ0n) is 33.8. The molecule has 1 aliphatic rings. The van der Waals surface area contributed by atoms with E-state index in [9.17, 15) is 9.90 Å². The smallest absolute Gasteiger partial charge is 0.337 e. The van der Waals surface area contributed by atoms with Gasteiger partial charge in [0.15, 0.2) is 0 Å². The third-order valence-corrected chi connectivity index (χ3v) is 12.4. The Bertz CT molecular complexity index is 3320. The molecule has 0 spiro atoms. The van der Waals surface area contributed by atoms with Gasteiger partial charge < -0.3 is 9.67 Å². The van der Waals surface area contributed by atoms with Crippen LogP contribution < -0.4 is 0 Å². The van der Waals surface area contributed by atoms with E-state index in [2.05, 4.69) is 80.2 Å². The number of fused-ring (bicyclic) bond motifs is 3. The molecule has 8 nitrogen and oxygen atoms in total. The van der Waals surface area contributed by atoms with Crippen LogP contribution in [0.5, 0.6) is 0 Å². The highest BCUT2D eigenvalue weighted by molar-refractivity contribution is 6.13. The average molecular weight is 805 g/mol. The van der Waals surface area contributed by atoms with Crippen LogP contribution in [0.4, 0.5) is 0 Å². The molecule has 5 heterocycles. The SMILES string of the molecule is O=C(O)c1c(-c2ccccc2-c2ccncc2)cc2c(nc(-c3ccc4nc(-c5ccccc5-c5ccncc5)ccc4c3)n2C2CCCCC2)c1-c1ccc2ncccc2c1. The fourth-order valence-electron chi connectivity index (χ4n) is 9.49. The van der Waals surface area contributed by atoms with Gasteiger partial charge in [-0.15, -0.1) is 0 Å². The normalized spacial score (nSPS) is 13.2. The molecule has 1 fully saturated rings. The summed E-state index contributed by atoms with van der Waals surface area (Å²) >= 11 is 0. The number of rotatable bonds is 8. The van der Waals surface area contributed by atoms with E-state index < -0.39 is 5.97 Å². The van der Waals surface area contributed by atoms with Crippen molar-refractivity contribution in [3.8, 4) is 67.2 Å². The molecular weight excluding hydrogens is 765 g/mol. The maximum Gasteiger partial charge on any atom is 0.337 e. The Hall–Kier alpha value is -7.84. The van der Waals surface area contributed by atoms with Crippen molar-refractivity contribution in [2.75, 3.05) is 0 Å². The second-order valence-corrected chi connectivity index (χ2v) is 16.0. The van der Waals surface area contributed by atoms with Gasteiger partial charge in [0.2, 0.25) is 0 Å². The molecule has 0 saturated heterocycles. The van der Waals surface area contributed by atoms with E-state index in [1.54, 1.807) is 18.6 Å². The largest absolute Gasteiger partial charge is 0.478 e. The van der Waals surface area contributed by atoms with Crippen LogP contribution in [0.1, 0.15) is 48.5 Å². The van der Waals surface area contributed by atoms with Crippen molar-refractivity contribution in [2.45, 2.75) is 38.1 Å². The molecule has 1 saturated carbocycles. The highest BCUT2D eigenvalue weighted by Crippen LogP contribution is 2.46. The molecule has 0 bridgehead atoms. The van der Waals surface area contributed by atoms with E-state index in [1.165, 1.54) is 6.42 Å². The second-order valence-electron chi connectivity index (χ2n) is 16.0. The lowest BCUT2D eigenvalue weighted by Crippen LogP contribution is -2.14. The number of hydrogen-bond acceptors (Lipinski definition) is 6. The topological polar surface area (TPSA) is 107 Å². The van der Waals surface area contributed by atoms with Gasteiger partial charge in [0.05, 0.1) is 33.3 Å². The van der Waals surface area contributed by atoms with Crippen LogP contribution in [0.3, 0.4) is 0 Å². The number of aromatic carboxylic acids is 1. The number of carboxylic acids is 1. The van der Waals surface area contributed by atoms with Crippen molar-refractivity contribution in [1.29, 1.82) is 0 Å². The molecule has 11 rings (SSSR count). The average Bonchev–Trinajstić information content (AvgIpc) is 3.73. The summed E-state index contributed by atoms with van der Waals surface area (Å²) in [5.41, 5.74) is 13.3. The predicted molar refractivity (Wildman–Crippen MR) is 248 cm³/mol. The molecule has 0 amide bonds. The van der Waals surface area contributed by atoms with E-state index in [0.717, 1.165) is 109 Å². The molecule has 0 atom stereocenters. The third-order valence-electron chi connectivity index (χ3n) is 12.4. The Morgan fingerprint density at radius 1 is 0.532 bits per heavy atom. The van der Waals surface area contributed by atoms with Gasteiger partial charge >= 0.3 is 5.97 Å². The molecule has 5 aromatic heterocycles. The summed E-state index contributed by atoms with van der Waals surface area (Å²) in [6.07, 6.45) is 14.4. The lowest BCUT2D eigenvalue weighted by Gasteiger charge is -2.26. The number of nitrogens with zero attached hydrogens (tertiary/aromatic N) is 6. The van der Waals surface area contributed by atoms with Crippen molar-refractivity contribution < 1.29 is 9.90 Å². The molecule has 0 aliphatic heterocycles. The third kappa shape index (κ3) is 6.57. The minimum absolute atomic E-state index is 0.178. The van der Waals surface area contributed by atoms with Gasteiger partial charge in [-0.25, -0.2) is 14.8 Å². The first-order chi connectivity index (χ1) is 30.6. The molecule has 10 aromatic rings. The van der Waals surface area contributed by atoms with Crippen LogP contribution >= 0.6 is 0 Å². The van der Waals surface area contributed by atoms with Gasteiger partial charge in [-0.3, -0.25) is 15.0 Å². The zero-order valence-corrected chi connectivity index (χ0v) is 33.8. The highest BCUT2D eigenvalue weighted by Gasteiger charge is 2.30. The van der Waals surface area contributed by atoms with Crippen molar-refractivity contribution in [1.82, 2.24) is 29.5 Å². The van der Waals surface area contributed by atoms with Crippen LogP contribution in [-0.4, -0.2) is 40.6 Å². The Labute approximate surface area is 358 Å². The first-order valence-corrected chi connectivity index (χ1v) is 21.2. The minimum atomic E-state index is -1.01. The standard InChI is InChI=1S/C54H40N6O2/c61-54(62)51-45(43-14-6-4-12-41(43)34-22-27-55-28-23-34)33-49-52(50(51)38-17-19-46-36(31-38)9-8-26-57-46)59-53(60(49)40-10-2-1-3-11-40)39-18-20-47-37(32-39)16-21-48(58-47)44-15-7-5-13-42(44)35-24-29-56-30-25-35/h4-9,12-33,40H,1-3,10-11H2,(H,61,62). The molecule has 1 N–H and O–H groups in total. The van der Waals surface area contributed by atoms with Crippen LogP contribution in [0.15, 0.2) is 171 Å². The zero-order chi connectivity index (χ0) is 41.6. The summed E-state index contributed by atoms with van der Waals surface area (Å²) in [4.78, 5) is 37.7. The molecule has 1 aliphatic carbocycles. The number of benzene rings is 5. The van der Waals surface area contributed by atoms with Gasteiger partial charge in [-0.2, -0.15) is 0 Å².